The molecule has 0 spiro atoms. The van der Waals surface area contributed by atoms with Gasteiger partial charge in [-0.3, -0.25) is 4.79 Å². The Labute approximate surface area is 75.1 Å². The van der Waals surface area contributed by atoms with Crippen LogP contribution < -0.4 is 15.6 Å². The lowest BCUT2D eigenvalue weighted by atomic mass is 10.3. The number of H-pyrrole nitrogens is 1. The molecule has 5 nitrogen and oxygen atoms in total. The van der Waals surface area contributed by atoms with Crippen molar-refractivity contribution in [2.24, 2.45) is 0 Å². The topological polar surface area (TPSA) is 67.0 Å². The van der Waals surface area contributed by atoms with Crippen LogP contribution in [0.4, 0.5) is 0 Å². The van der Waals surface area contributed by atoms with Crippen LogP contribution in [0.3, 0.4) is 0 Å². The van der Waals surface area contributed by atoms with Crippen LogP contribution in [0.15, 0.2) is 17.2 Å². The normalized spacial score (nSPS) is 21.7. The van der Waals surface area contributed by atoms with Gasteiger partial charge in [0.15, 0.2) is 0 Å². The van der Waals surface area contributed by atoms with E-state index in [1.54, 1.807) is 0 Å². The van der Waals surface area contributed by atoms with E-state index in [1.165, 1.54) is 12.4 Å². The second kappa shape index (κ2) is 3.57. The first kappa shape index (κ1) is 8.25. The van der Waals surface area contributed by atoms with Gasteiger partial charge in [0.2, 0.25) is 5.88 Å². The Hall–Kier alpha value is -1.36. The lowest BCUT2D eigenvalue weighted by molar-refractivity contribution is 0.213. The van der Waals surface area contributed by atoms with Crippen LogP contribution in [0.2, 0.25) is 0 Å². The molecule has 1 atom stereocenters. The number of hydrogen-bond acceptors (Lipinski definition) is 4. The van der Waals surface area contributed by atoms with E-state index in [9.17, 15) is 4.79 Å². The van der Waals surface area contributed by atoms with Gasteiger partial charge in [-0.1, -0.05) is 0 Å². The van der Waals surface area contributed by atoms with Gasteiger partial charge < -0.3 is 15.0 Å². The number of ether oxygens (including phenoxy) is 1. The summed E-state index contributed by atoms with van der Waals surface area (Å²) >= 11 is 0. The number of nitrogens with one attached hydrogen (secondary N) is 2. The van der Waals surface area contributed by atoms with Gasteiger partial charge in [0.25, 0.3) is 5.56 Å². The molecule has 13 heavy (non-hydrogen) atoms. The summed E-state index contributed by atoms with van der Waals surface area (Å²) in [4.78, 5) is 17.2. The maximum Gasteiger partial charge on any atom is 0.254 e. The summed E-state index contributed by atoms with van der Waals surface area (Å²) in [5, 5.41) is 3.17. The molecule has 1 aliphatic rings. The first-order valence-electron chi connectivity index (χ1n) is 4.27. The quantitative estimate of drug-likeness (QED) is 0.646. The minimum atomic E-state index is -0.184. The Bertz CT molecular complexity index is 330. The third kappa shape index (κ3) is 2.06. The molecule has 1 saturated heterocycles. The summed E-state index contributed by atoms with van der Waals surface area (Å²) in [6, 6.07) is 1.36. The third-order valence-corrected chi connectivity index (χ3v) is 1.96. The lowest BCUT2D eigenvalue weighted by Crippen LogP contribution is -2.21. The fourth-order valence-corrected chi connectivity index (χ4v) is 1.31. The van der Waals surface area contributed by atoms with E-state index in [0.717, 1.165) is 19.5 Å². The van der Waals surface area contributed by atoms with E-state index in [2.05, 4.69) is 15.3 Å². The first-order valence-corrected chi connectivity index (χ1v) is 4.27. The number of hydrogen-bond donors (Lipinski definition) is 2. The van der Waals surface area contributed by atoms with E-state index in [1.807, 2.05) is 0 Å². The molecule has 0 aliphatic carbocycles. The second-order valence-electron chi connectivity index (χ2n) is 2.98. The van der Waals surface area contributed by atoms with Crippen molar-refractivity contribution < 1.29 is 4.74 Å². The molecule has 0 radical (unpaired) electrons. The van der Waals surface area contributed by atoms with Crippen molar-refractivity contribution in [3.8, 4) is 5.88 Å². The van der Waals surface area contributed by atoms with Crippen molar-refractivity contribution in [1.82, 2.24) is 15.3 Å². The maximum absolute atomic E-state index is 10.9. The van der Waals surface area contributed by atoms with E-state index in [-0.39, 0.29) is 11.7 Å². The molecular weight excluding hydrogens is 170 g/mol. The zero-order valence-corrected chi connectivity index (χ0v) is 7.12. The first-order chi connectivity index (χ1) is 6.34. The predicted octanol–water partition coefficient (Wildman–Crippen LogP) is -0.489. The highest BCUT2D eigenvalue weighted by molar-refractivity contribution is 5.05. The average Bonchev–Trinajstić information content (AvgIpc) is 2.57. The Balaban J connectivity index is 2.04. The second-order valence-corrected chi connectivity index (χ2v) is 2.98. The standard InChI is InChI=1S/C8H11N3O2/c12-7-3-8(11-5-10-7)13-6-1-2-9-4-6/h3,5-6,9H,1-2,4H2,(H,10,11,12). The molecule has 1 aliphatic heterocycles. The molecule has 0 amide bonds. The van der Waals surface area contributed by atoms with Gasteiger partial charge >= 0.3 is 0 Å². The molecule has 2 N–H and O–H groups in total. The van der Waals surface area contributed by atoms with Crippen molar-refractivity contribution in [3.05, 3.63) is 22.7 Å². The molecule has 0 bridgehead atoms. The minimum Gasteiger partial charge on any atom is -0.473 e. The van der Waals surface area contributed by atoms with Crippen LogP contribution in [0.5, 0.6) is 5.88 Å². The van der Waals surface area contributed by atoms with Crippen LogP contribution >= 0.6 is 0 Å². The molecule has 0 aromatic carbocycles. The van der Waals surface area contributed by atoms with E-state index in [0.29, 0.717) is 5.88 Å². The van der Waals surface area contributed by atoms with Gasteiger partial charge in [0.05, 0.1) is 12.4 Å². The van der Waals surface area contributed by atoms with Gasteiger partial charge in [0, 0.05) is 6.54 Å². The molecule has 1 aromatic rings. The fourth-order valence-electron chi connectivity index (χ4n) is 1.31. The van der Waals surface area contributed by atoms with E-state index >= 15 is 0 Å². The highest BCUT2D eigenvalue weighted by Crippen LogP contribution is 2.08. The summed E-state index contributed by atoms with van der Waals surface area (Å²) in [6.07, 6.45) is 2.46. The summed E-state index contributed by atoms with van der Waals surface area (Å²) in [5.74, 6) is 0.400. The van der Waals surface area contributed by atoms with Crippen LogP contribution in [-0.4, -0.2) is 29.2 Å². The third-order valence-electron chi connectivity index (χ3n) is 1.96. The van der Waals surface area contributed by atoms with Gasteiger partial charge in [0.1, 0.15) is 6.10 Å². The van der Waals surface area contributed by atoms with Gasteiger partial charge in [-0.25, -0.2) is 4.98 Å². The van der Waals surface area contributed by atoms with Crippen LogP contribution in [0, 0.1) is 0 Å². The maximum atomic E-state index is 10.9. The van der Waals surface area contributed by atoms with Gasteiger partial charge in [-0.05, 0) is 13.0 Å². The van der Waals surface area contributed by atoms with Crippen molar-refractivity contribution in [1.29, 1.82) is 0 Å². The number of rotatable bonds is 2. The molecule has 1 aromatic heterocycles. The molecule has 0 saturated carbocycles. The summed E-state index contributed by atoms with van der Waals surface area (Å²) in [5.41, 5.74) is -0.184. The largest absolute Gasteiger partial charge is 0.473 e. The number of aromatic nitrogens is 2. The Morgan fingerprint density at radius 1 is 1.62 bits per heavy atom. The van der Waals surface area contributed by atoms with Crippen molar-refractivity contribution in [3.63, 3.8) is 0 Å². The predicted molar refractivity (Wildman–Crippen MR) is 46.8 cm³/mol. The fraction of sp³-hybridized carbons (Fsp3) is 0.500. The Morgan fingerprint density at radius 2 is 2.54 bits per heavy atom. The smallest absolute Gasteiger partial charge is 0.254 e. The van der Waals surface area contributed by atoms with Crippen LogP contribution in [0.25, 0.3) is 0 Å². The molecule has 2 heterocycles. The van der Waals surface area contributed by atoms with Crippen LogP contribution in [0.1, 0.15) is 6.42 Å². The lowest BCUT2D eigenvalue weighted by Gasteiger charge is -2.09. The van der Waals surface area contributed by atoms with E-state index in [4.69, 9.17) is 4.74 Å². The zero-order valence-electron chi connectivity index (χ0n) is 7.12. The monoisotopic (exact) mass is 181 g/mol. The molecule has 2 rings (SSSR count). The summed E-state index contributed by atoms with van der Waals surface area (Å²) in [7, 11) is 0. The minimum absolute atomic E-state index is 0.147. The summed E-state index contributed by atoms with van der Waals surface area (Å²) < 4.78 is 5.46. The molecule has 1 fully saturated rings. The summed E-state index contributed by atoms with van der Waals surface area (Å²) in [6.45, 7) is 1.79. The highest BCUT2D eigenvalue weighted by atomic mass is 16.5. The molecule has 5 heteroatoms. The van der Waals surface area contributed by atoms with Crippen molar-refractivity contribution in [2.45, 2.75) is 12.5 Å². The Morgan fingerprint density at radius 3 is 3.23 bits per heavy atom. The van der Waals surface area contributed by atoms with E-state index < -0.39 is 0 Å². The zero-order chi connectivity index (χ0) is 9.10. The van der Waals surface area contributed by atoms with Crippen molar-refractivity contribution in [2.75, 3.05) is 13.1 Å². The number of nitrogens with zero attached hydrogens (tertiary/aromatic N) is 1. The number of aromatic amines is 1. The van der Waals surface area contributed by atoms with Gasteiger partial charge in [-0.15, -0.1) is 0 Å². The molecule has 1 unspecified atom stereocenters. The van der Waals surface area contributed by atoms with Gasteiger partial charge in [-0.2, -0.15) is 0 Å². The Kier molecular flexibility index (Phi) is 2.27. The molecule has 70 valence electrons. The highest BCUT2D eigenvalue weighted by Gasteiger charge is 2.16. The van der Waals surface area contributed by atoms with Crippen LogP contribution in [-0.2, 0) is 0 Å². The molecular formula is C8H11N3O2. The van der Waals surface area contributed by atoms with Crippen molar-refractivity contribution >= 4 is 0 Å². The SMILES string of the molecule is O=c1cc(OC2CCNC2)nc[nH]1. The average molecular weight is 181 g/mol.